The van der Waals surface area contributed by atoms with Gasteiger partial charge in [-0.15, -0.1) is 0 Å². The number of carbonyl (C=O) groups excluding carboxylic acids is 1. The van der Waals surface area contributed by atoms with Crippen LogP contribution in [0.2, 0.25) is 5.02 Å². The highest BCUT2D eigenvalue weighted by Crippen LogP contribution is 2.21. The third-order valence-corrected chi connectivity index (χ3v) is 2.45. The van der Waals surface area contributed by atoms with Crippen molar-refractivity contribution in [1.29, 1.82) is 5.26 Å². The molecule has 0 aliphatic heterocycles. The lowest BCUT2D eigenvalue weighted by Crippen LogP contribution is -2.18. The highest BCUT2D eigenvalue weighted by Gasteiger charge is 2.15. The lowest BCUT2D eigenvalue weighted by atomic mass is 10.1. The molecule has 1 amide bonds. The summed E-state index contributed by atoms with van der Waals surface area (Å²) in [4.78, 5) is 24.5. The molecule has 1 aromatic carbocycles. The summed E-state index contributed by atoms with van der Waals surface area (Å²) in [6.45, 7) is 0. The smallest absolute Gasteiger partial charge is 0.337 e. The largest absolute Gasteiger partial charge is 0.478 e. The summed E-state index contributed by atoms with van der Waals surface area (Å²) >= 11 is 5.71. The molecular formula is C13H12ClN3O3. The highest BCUT2D eigenvalue weighted by atomic mass is 35.5. The first kappa shape index (κ1) is 15.5. The van der Waals surface area contributed by atoms with Crippen LogP contribution in [0.3, 0.4) is 0 Å². The van der Waals surface area contributed by atoms with Crippen LogP contribution in [0.4, 0.5) is 5.69 Å². The third-order valence-electron chi connectivity index (χ3n) is 2.21. The molecule has 0 aromatic heterocycles. The van der Waals surface area contributed by atoms with Gasteiger partial charge in [0, 0.05) is 25.3 Å². The van der Waals surface area contributed by atoms with Gasteiger partial charge in [-0.25, -0.2) is 4.79 Å². The molecule has 0 unspecified atom stereocenters. The Morgan fingerprint density at radius 1 is 1.45 bits per heavy atom. The molecule has 0 radical (unpaired) electrons. The molecule has 0 aliphatic carbocycles. The van der Waals surface area contributed by atoms with Crippen molar-refractivity contribution in [3.8, 4) is 6.07 Å². The average molecular weight is 294 g/mol. The predicted molar refractivity (Wildman–Crippen MR) is 74.4 cm³/mol. The molecule has 0 saturated heterocycles. The van der Waals surface area contributed by atoms with Crippen LogP contribution in [0.15, 0.2) is 30.0 Å². The first-order chi connectivity index (χ1) is 9.35. The SMILES string of the molecule is CN(C)/C=C(\C#N)C(=O)Nc1ccc(Cl)cc1C(=O)O. The highest BCUT2D eigenvalue weighted by molar-refractivity contribution is 6.31. The number of amides is 1. The number of anilines is 1. The van der Waals surface area contributed by atoms with Gasteiger partial charge in [-0.3, -0.25) is 4.79 Å². The van der Waals surface area contributed by atoms with Gasteiger partial charge in [-0.1, -0.05) is 11.6 Å². The first-order valence-corrected chi connectivity index (χ1v) is 5.85. The van der Waals surface area contributed by atoms with Gasteiger partial charge in [0.05, 0.1) is 11.3 Å². The fourth-order valence-corrected chi connectivity index (χ4v) is 1.56. The number of nitriles is 1. The van der Waals surface area contributed by atoms with Gasteiger partial charge in [0.15, 0.2) is 0 Å². The topological polar surface area (TPSA) is 93.4 Å². The second kappa shape index (κ2) is 6.59. The van der Waals surface area contributed by atoms with Crippen LogP contribution >= 0.6 is 11.6 Å². The number of hydrogen-bond donors (Lipinski definition) is 2. The molecule has 0 heterocycles. The van der Waals surface area contributed by atoms with E-state index in [9.17, 15) is 9.59 Å². The van der Waals surface area contributed by atoms with E-state index in [4.69, 9.17) is 22.0 Å². The van der Waals surface area contributed by atoms with E-state index < -0.39 is 11.9 Å². The molecule has 0 atom stereocenters. The van der Waals surface area contributed by atoms with Crippen molar-refractivity contribution >= 4 is 29.2 Å². The fraction of sp³-hybridized carbons (Fsp3) is 0.154. The van der Waals surface area contributed by atoms with Gasteiger partial charge in [0.1, 0.15) is 11.6 Å². The molecule has 0 fully saturated rings. The van der Waals surface area contributed by atoms with Crippen molar-refractivity contribution in [2.75, 3.05) is 19.4 Å². The predicted octanol–water partition coefficient (Wildman–Crippen LogP) is 1.95. The Morgan fingerprint density at radius 2 is 2.10 bits per heavy atom. The van der Waals surface area contributed by atoms with Crippen LogP contribution in [-0.4, -0.2) is 36.0 Å². The zero-order chi connectivity index (χ0) is 15.3. The molecule has 7 heteroatoms. The summed E-state index contributed by atoms with van der Waals surface area (Å²) in [6, 6.07) is 5.79. The van der Waals surface area contributed by atoms with Gasteiger partial charge in [0.25, 0.3) is 5.91 Å². The molecule has 104 valence electrons. The summed E-state index contributed by atoms with van der Waals surface area (Å²) in [5, 5.41) is 20.6. The Hall–Kier alpha value is -2.52. The summed E-state index contributed by atoms with van der Waals surface area (Å²) in [7, 11) is 3.32. The monoisotopic (exact) mass is 293 g/mol. The van der Waals surface area contributed by atoms with Crippen LogP contribution < -0.4 is 5.32 Å². The number of carboxylic acids is 1. The van der Waals surface area contributed by atoms with E-state index in [0.29, 0.717) is 0 Å². The van der Waals surface area contributed by atoms with E-state index in [1.165, 1.54) is 29.3 Å². The van der Waals surface area contributed by atoms with E-state index in [-0.39, 0.29) is 21.8 Å². The van der Waals surface area contributed by atoms with Crippen molar-refractivity contribution in [2.24, 2.45) is 0 Å². The number of aromatic carboxylic acids is 1. The average Bonchev–Trinajstić information content (AvgIpc) is 2.37. The van der Waals surface area contributed by atoms with E-state index in [1.54, 1.807) is 20.2 Å². The zero-order valence-electron chi connectivity index (χ0n) is 10.8. The molecule has 0 spiro atoms. The maximum atomic E-state index is 11.9. The molecule has 6 nitrogen and oxygen atoms in total. The molecule has 2 N–H and O–H groups in total. The molecule has 0 saturated carbocycles. The Labute approximate surface area is 120 Å². The molecule has 0 bridgehead atoms. The third kappa shape index (κ3) is 4.00. The minimum absolute atomic E-state index is 0.0757. The Kier molecular flexibility index (Phi) is 5.12. The van der Waals surface area contributed by atoms with Gasteiger partial charge >= 0.3 is 5.97 Å². The zero-order valence-corrected chi connectivity index (χ0v) is 11.6. The first-order valence-electron chi connectivity index (χ1n) is 5.47. The summed E-state index contributed by atoms with van der Waals surface area (Å²) in [5.74, 6) is -1.91. The van der Waals surface area contributed by atoms with Gasteiger partial charge in [0.2, 0.25) is 0 Å². The number of carbonyl (C=O) groups is 2. The lowest BCUT2D eigenvalue weighted by molar-refractivity contribution is -0.112. The van der Waals surface area contributed by atoms with Crippen molar-refractivity contribution in [3.05, 3.63) is 40.6 Å². The molecule has 0 aliphatic rings. The van der Waals surface area contributed by atoms with Crippen molar-refractivity contribution in [2.45, 2.75) is 0 Å². The van der Waals surface area contributed by atoms with E-state index in [1.807, 2.05) is 0 Å². The lowest BCUT2D eigenvalue weighted by Gasteiger charge is -2.10. The Bertz CT molecular complexity index is 618. The second-order valence-corrected chi connectivity index (χ2v) is 4.50. The van der Waals surface area contributed by atoms with Crippen molar-refractivity contribution < 1.29 is 14.7 Å². The van der Waals surface area contributed by atoms with Gasteiger partial charge in [-0.05, 0) is 18.2 Å². The van der Waals surface area contributed by atoms with Gasteiger partial charge in [-0.2, -0.15) is 5.26 Å². The molecule has 1 aromatic rings. The van der Waals surface area contributed by atoms with Crippen LogP contribution in [-0.2, 0) is 4.79 Å². The second-order valence-electron chi connectivity index (χ2n) is 4.07. The van der Waals surface area contributed by atoms with Crippen LogP contribution in [0.5, 0.6) is 0 Å². The van der Waals surface area contributed by atoms with Gasteiger partial charge < -0.3 is 15.3 Å². The molecular weight excluding hydrogens is 282 g/mol. The number of halogens is 1. The van der Waals surface area contributed by atoms with E-state index >= 15 is 0 Å². The fourth-order valence-electron chi connectivity index (χ4n) is 1.39. The quantitative estimate of drug-likeness (QED) is 0.653. The van der Waals surface area contributed by atoms with E-state index in [2.05, 4.69) is 5.32 Å². The number of carboxylic acid groups (broad SMARTS) is 1. The minimum atomic E-state index is -1.22. The minimum Gasteiger partial charge on any atom is -0.478 e. The maximum absolute atomic E-state index is 11.9. The number of rotatable bonds is 4. The number of nitrogens with zero attached hydrogens (tertiary/aromatic N) is 2. The summed E-state index contributed by atoms with van der Waals surface area (Å²) < 4.78 is 0. The number of nitrogens with one attached hydrogen (secondary N) is 1. The van der Waals surface area contributed by atoms with Crippen molar-refractivity contribution in [1.82, 2.24) is 4.90 Å². The molecule has 20 heavy (non-hydrogen) atoms. The van der Waals surface area contributed by atoms with Crippen LogP contribution in [0, 0.1) is 11.3 Å². The normalized spacial score (nSPS) is 10.6. The van der Waals surface area contributed by atoms with E-state index in [0.717, 1.165) is 0 Å². The van der Waals surface area contributed by atoms with Crippen molar-refractivity contribution in [3.63, 3.8) is 0 Å². The maximum Gasteiger partial charge on any atom is 0.337 e. The summed E-state index contributed by atoms with van der Waals surface area (Å²) in [6.07, 6.45) is 1.34. The summed E-state index contributed by atoms with van der Waals surface area (Å²) in [5.41, 5.74) is -0.207. The standard InChI is InChI=1S/C13H12ClN3O3/c1-17(2)7-8(6-15)12(18)16-11-4-3-9(14)5-10(11)13(19)20/h3-5,7H,1-2H3,(H,16,18)(H,19,20)/b8-7+. The number of benzene rings is 1. The Balaban J connectivity index is 3.08. The van der Waals surface area contributed by atoms with Crippen LogP contribution in [0.25, 0.3) is 0 Å². The molecule has 1 rings (SSSR count). The number of hydrogen-bond acceptors (Lipinski definition) is 4. The van der Waals surface area contributed by atoms with Crippen LogP contribution in [0.1, 0.15) is 10.4 Å². The Morgan fingerprint density at radius 3 is 2.60 bits per heavy atom.